The molecule has 0 aliphatic carbocycles. The summed E-state index contributed by atoms with van der Waals surface area (Å²) in [6.45, 7) is 13.1. The predicted molar refractivity (Wildman–Crippen MR) is 92.7 cm³/mol. The van der Waals surface area contributed by atoms with Crippen LogP contribution < -0.4 is 11.1 Å². The highest BCUT2D eigenvalue weighted by molar-refractivity contribution is 5.68. The minimum Gasteiger partial charge on any atom is -0.444 e. The van der Waals surface area contributed by atoms with Crippen molar-refractivity contribution in [1.29, 1.82) is 0 Å². The molecule has 1 fully saturated rings. The summed E-state index contributed by atoms with van der Waals surface area (Å²) in [5, 5.41) is 2.80. The van der Waals surface area contributed by atoms with Crippen LogP contribution in [0.25, 0.3) is 0 Å². The van der Waals surface area contributed by atoms with Gasteiger partial charge in [0, 0.05) is 19.6 Å². The maximum Gasteiger partial charge on any atom is 0.410 e. The summed E-state index contributed by atoms with van der Waals surface area (Å²) < 4.78 is 10.7. The zero-order chi connectivity index (χ0) is 18.5. The van der Waals surface area contributed by atoms with Crippen molar-refractivity contribution in [3.63, 3.8) is 0 Å². The molecule has 0 bridgehead atoms. The van der Waals surface area contributed by atoms with E-state index in [4.69, 9.17) is 15.2 Å². The number of ether oxygens (including phenoxy) is 2. The van der Waals surface area contributed by atoms with Crippen molar-refractivity contribution in [2.45, 2.75) is 59.2 Å². The fourth-order valence-corrected chi connectivity index (χ4v) is 2.64. The van der Waals surface area contributed by atoms with Crippen molar-refractivity contribution in [3.8, 4) is 0 Å². The molecule has 0 aromatic rings. The Morgan fingerprint density at radius 1 is 1.08 bits per heavy atom. The van der Waals surface area contributed by atoms with E-state index in [1.165, 1.54) is 0 Å². The molecule has 7 heteroatoms. The molecule has 0 radical (unpaired) electrons. The van der Waals surface area contributed by atoms with E-state index >= 15 is 0 Å². The number of nitrogens with two attached hydrogens (primary N) is 1. The number of piperidine rings is 1. The first-order valence-electron chi connectivity index (χ1n) is 8.56. The first kappa shape index (κ1) is 20.5. The lowest BCUT2D eigenvalue weighted by Crippen LogP contribution is -2.50. The fraction of sp³-hybridized carbons (Fsp3) is 0.882. The molecule has 2 amide bonds. The second-order valence-corrected chi connectivity index (χ2v) is 8.35. The molecule has 0 saturated carbocycles. The third-order valence-electron chi connectivity index (χ3n) is 3.75. The van der Waals surface area contributed by atoms with Gasteiger partial charge in [0.25, 0.3) is 0 Å². The van der Waals surface area contributed by atoms with Crippen LogP contribution in [0.5, 0.6) is 0 Å². The molecule has 3 N–H and O–H groups in total. The van der Waals surface area contributed by atoms with Gasteiger partial charge in [0.05, 0.1) is 0 Å². The van der Waals surface area contributed by atoms with Crippen LogP contribution in [0.15, 0.2) is 0 Å². The molecule has 7 nitrogen and oxygen atoms in total. The van der Waals surface area contributed by atoms with E-state index < -0.39 is 17.3 Å². The van der Waals surface area contributed by atoms with E-state index in [0.717, 1.165) is 6.42 Å². The SMILES string of the molecule is CC(C)(C)OC(=O)NC[C@@H]1CCN(C(=O)OC(C)(C)C)C[C@H]1CN. The van der Waals surface area contributed by atoms with E-state index in [1.807, 2.05) is 41.5 Å². The van der Waals surface area contributed by atoms with E-state index in [9.17, 15) is 9.59 Å². The lowest BCUT2D eigenvalue weighted by molar-refractivity contribution is 0.0100. The van der Waals surface area contributed by atoms with Gasteiger partial charge in [-0.1, -0.05) is 0 Å². The summed E-state index contributed by atoms with van der Waals surface area (Å²) in [6.07, 6.45) is 0.0454. The summed E-state index contributed by atoms with van der Waals surface area (Å²) in [5.74, 6) is 0.349. The monoisotopic (exact) mass is 343 g/mol. The molecule has 0 unspecified atom stereocenters. The van der Waals surface area contributed by atoms with Crippen LogP contribution in [-0.2, 0) is 9.47 Å². The smallest absolute Gasteiger partial charge is 0.410 e. The van der Waals surface area contributed by atoms with E-state index in [-0.39, 0.29) is 17.9 Å². The summed E-state index contributed by atoms with van der Waals surface area (Å²) in [7, 11) is 0. The van der Waals surface area contributed by atoms with Crippen molar-refractivity contribution in [2.24, 2.45) is 17.6 Å². The highest BCUT2D eigenvalue weighted by Gasteiger charge is 2.33. The fourth-order valence-electron chi connectivity index (χ4n) is 2.64. The Morgan fingerprint density at radius 3 is 2.17 bits per heavy atom. The van der Waals surface area contributed by atoms with Gasteiger partial charge in [-0.2, -0.15) is 0 Å². The molecule has 1 saturated heterocycles. The van der Waals surface area contributed by atoms with Crippen LogP contribution in [-0.4, -0.2) is 54.5 Å². The summed E-state index contributed by atoms with van der Waals surface area (Å²) in [5.41, 5.74) is 4.84. The molecule has 2 atom stereocenters. The third kappa shape index (κ3) is 7.38. The predicted octanol–water partition coefficient (Wildman–Crippen LogP) is 2.34. The lowest BCUT2D eigenvalue weighted by atomic mass is 9.85. The molecular formula is C17H33N3O4. The average Bonchev–Trinajstić information content (AvgIpc) is 2.41. The van der Waals surface area contributed by atoms with Crippen LogP contribution in [0, 0.1) is 11.8 Å². The molecule has 1 aliphatic heterocycles. The first-order chi connectivity index (χ1) is 10.9. The van der Waals surface area contributed by atoms with Gasteiger partial charge in [-0.15, -0.1) is 0 Å². The minimum absolute atomic E-state index is 0.126. The molecule has 1 heterocycles. The molecule has 140 valence electrons. The Bertz CT molecular complexity index is 440. The van der Waals surface area contributed by atoms with Crippen LogP contribution >= 0.6 is 0 Å². The number of amides is 2. The van der Waals surface area contributed by atoms with Crippen LogP contribution in [0.1, 0.15) is 48.0 Å². The van der Waals surface area contributed by atoms with Gasteiger partial charge in [-0.05, 0) is 66.3 Å². The zero-order valence-corrected chi connectivity index (χ0v) is 15.8. The first-order valence-corrected chi connectivity index (χ1v) is 8.56. The molecule has 1 rings (SSSR count). The third-order valence-corrected chi connectivity index (χ3v) is 3.75. The van der Waals surface area contributed by atoms with Crippen LogP contribution in [0.3, 0.4) is 0 Å². The van der Waals surface area contributed by atoms with Gasteiger partial charge in [-0.25, -0.2) is 9.59 Å². The Labute approximate surface area is 145 Å². The number of nitrogens with zero attached hydrogens (tertiary/aromatic N) is 1. The van der Waals surface area contributed by atoms with Gasteiger partial charge in [0.1, 0.15) is 11.2 Å². The summed E-state index contributed by atoms with van der Waals surface area (Å²) >= 11 is 0. The van der Waals surface area contributed by atoms with E-state index in [0.29, 0.717) is 26.2 Å². The Hall–Kier alpha value is -1.50. The molecule has 0 aromatic heterocycles. The highest BCUT2D eigenvalue weighted by atomic mass is 16.6. The summed E-state index contributed by atoms with van der Waals surface area (Å²) in [6, 6.07) is 0. The van der Waals surface area contributed by atoms with Crippen molar-refractivity contribution < 1.29 is 19.1 Å². The Morgan fingerprint density at radius 2 is 1.67 bits per heavy atom. The molecule has 0 aromatic carbocycles. The number of carbonyl (C=O) groups excluding carboxylic acids is 2. The standard InChI is InChI=1S/C17H33N3O4/c1-16(2,3)23-14(21)19-10-12-7-8-20(11-13(12)9-18)15(22)24-17(4,5)6/h12-13H,7-11,18H2,1-6H3,(H,19,21)/t12-,13+/m0/s1. The average molecular weight is 343 g/mol. The van der Waals surface area contributed by atoms with Gasteiger partial charge >= 0.3 is 12.2 Å². The highest BCUT2D eigenvalue weighted by Crippen LogP contribution is 2.24. The number of hydrogen-bond acceptors (Lipinski definition) is 5. The molecular weight excluding hydrogens is 310 g/mol. The quantitative estimate of drug-likeness (QED) is 0.820. The number of alkyl carbamates (subject to hydrolysis) is 1. The maximum absolute atomic E-state index is 12.2. The van der Waals surface area contributed by atoms with Crippen molar-refractivity contribution >= 4 is 12.2 Å². The van der Waals surface area contributed by atoms with Gasteiger partial charge in [0.2, 0.25) is 0 Å². The second-order valence-electron chi connectivity index (χ2n) is 8.35. The van der Waals surface area contributed by atoms with Crippen molar-refractivity contribution in [3.05, 3.63) is 0 Å². The van der Waals surface area contributed by atoms with Gasteiger partial charge in [-0.3, -0.25) is 0 Å². The van der Waals surface area contributed by atoms with E-state index in [1.54, 1.807) is 4.90 Å². The summed E-state index contributed by atoms with van der Waals surface area (Å²) in [4.78, 5) is 25.7. The van der Waals surface area contributed by atoms with Crippen molar-refractivity contribution in [1.82, 2.24) is 10.2 Å². The van der Waals surface area contributed by atoms with E-state index in [2.05, 4.69) is 5.32 Å². The molecule has 1 aliphatic rings. The Balaban J connectivity index is 2.51. The largest absolute Gasteiger partial charge is 0.444 e. The number of rotatable bonds is 3. The van der Waals surface area contributed by atoms with Gasteiger partial charge in [0.15, 0.2) is 0 Å². The number of nitrogens with one attached hydrogen (secondary N) is 1. The second kappa shape index (κ2) is 8.05. The maximum atomic E-state index is 12.2. The molecule has 24 heavy (non-hydrogen) atoms. The molecule has 0 spiro atoms. The topological polar surface area (TPSA) is 93.9 Å². The number of hydrogen-bond donors (Lipinski definition) is 2. The van der Waals surface area contributed by atoms with Crippen LogP contribution in [0.4, 0.5) is 9.59 Å². The van der Waals surface area contributed by atoms with Gasteiger partial charge < -0.3 is 25.4 Å². The van der Waals surface area contributed by atoms with Crippen molar-refractivity contribution in [2.75, 3.05) is 26.2 Å². The lowest BCUT2D eigenvalue weighted by Gasteiger charge is -2.38. The normalized spacial score (nSPS) is 22.0. The Kier molecular flexibility index (Phi) is 6.89. The zero-order valence-electron chi connectivity index (χ0n) is 15.8. The number of likely N-dealkylation sites (tertiary alicyclic amines) is 1. The van der Waals surface area contributed by atoms with Crippen LogP contribution in [0.2, 0.25) is 0 Å². The number of carbonyl (C=O) groups is 2. The minimum atomic E-state index is -0.516.